The predicted molar refractivity (Wildman–Crippen MR) is 107 cm³/mol. The number of esters is 1. The number of aliphatic hydroxyl groups excluding tert-OH is 3. The Hall–Kier alpha value is -2.91. The fourth-order valence-corrected chi connectivity index (χ4v) is 3.96. The van der Waals surface area contributed by atoms with Gasteiger partial charge in [-0.1, -0.05) is 0 Å². The molecule has 32 heavy (non-hydrogen) atoms. The lowest BCUT2D eigenvalue weighted by Crippen LogP contribution is -2.67. The molecule has 0 aliphatic carbocycles. The largest absolute Gasteiger partial charge is 0.460 e. The molecule has 2 aromatic rings. The standard InChI is InChI=1S/C18H25N7O7/c1-7(27)31-8-2-3-19-11(8)17(30)24-10-9(4-26)32-18(14(29)13(10)28)25-16-12-15(21-5-20-12)22-6-23-16/h5-6,8-11,13-14,18-19,26,28-29H,2-4H2,1H3,(H,24,30)(H2,20,21,22,23,25)/t8-,9-,10-,11+,13+,14-,18-/m0/s1. The number of hydrogen-bond acceptors (Lipinski definition) is 12. The van der Waals surface area contributed by atoms with Crippen molar-refractivity contribution >= 4 is 28.9 Å². The second-order valence-electron chi connectivity index (χ2n) is 7.63. The number of rotatable bonds is 6. The van der Waals surface area contributed by atoms with E-state index in [1.165, 1.54) is 19.6 Å². The molecule has 0 aromatic carbocycles. The van der Waals surface area contributed by atoms with Gasteiger partial charge in [-0.15, -0.1) is 0 Å². The smallest absolute Gasteiger partial charge is 0.302 e. The summed E-state index contributed by atoms with van der Waals surface area (Å²) >= 11 is 0. The molecule has 14 nitrogen and oxygen atoms in total. The van der Waals surface area contributed by atoms with E-state index in [-0.39, 0.29) is 5.82 Å². The molecular weight excluding hydrogens is 426 g/mol. The zero-order valence-corrected chi connectivity index (χ0v) is 17.1. The fourth-order valence-electron chi connectivity index (χ4n) is 3.96. The summed E-state index contributed by atoms with van der Waals surface area (Å²) < 4.78 is 10.9. The van der Waals surface area contributed by atoms with Crippen LogP contribution in [0.15, 0.2) is 12.7 Å². The number of H-pyrrole nitrogens is 1. The molecule has 0 spiro atoms. The minimum Gasteiger partial charge on any atom is -0.460 e. The number of imidazole rings is 1. The van der Waals surface area contributed by atoms with Crippen molar-refractivity contribution in [3.8, 4) is 0 Å². The van der Waals surface area contributed by atoms with Crippen molar-refractivity contribution in [1.29, 1.82) is 0 Å². The molecule has 7 N–H and O–H groups in total. The molecule has 174 valence electrons. The summed E-state index contributed by atoms with van der Waals surface area (Å²) in [6.45, 7) is 1.19. The Labute approximate surface area is 181 Å². The third kappa shape index (κ3) is 4.35. The summed E-state index contributed by atoms with van der Waals surface area (Å²) in [5.41, 5.74) is 0.862. The molecule has 14 heteroatoms. The van der Waals surface area contributed by atoms with E-state index in [0.29, 0.717) is 24.1 Å². The molecule has 0 saturated carbocycles. The number of nitrogens with zero attached hydrogens (tertiary/aromatic N) is 3. The van der Waals surface area contributed by atoms with Gasteiger partial charge in [-0.3, -0.25) is 9.59 Å². The molecule has 0 bridgehead atoms. The molecule has 4 heterocycles. The van der Waals surface area contributed by atoms with Crippen LogP contribution in [-0.2, 0) is 19.1 Å². The Bertz CT molecular complexity index is 970. The van der Waals surface area contributed by atoms with Gasteiger partial charge >= 0.3 is 5.97 Å². The first-order chi connectivity index (χ1) is 15.4. The van der Waals surface area contributed by atoms with Crippen LogP contribution in [0.2, 0.25) is 0 Å². The van der Waals surface area contributed by atoms with Gasteiger partial charge in [-0.05, 0) is 13.0 Å². The number of nitrogens with one attached hydrogen (secondary N) is 4. The maximum absolute atomic E-state index is 12.8. The lowest BCUT2D eigenvalue weighted by molar-refractivity contribution is -0.186. The predicted octanol–water partition coefficient (Wildman–Crippen LogP) is -3.02. The van der Waals surface area contributed by atoms with Crippen LogP contribution in [0.3, 0.4) is 0 Å². The Kier molecular flexibility index (Phi) is 6.48. The summed E-state index contributed by atoms with van der Waals surface area (Å²) in [6, 6.07) is -1.94. The SMILES string of the molecule is CC(=O)O[C@H]1CCN[C@H]1C(=O)N[C@@H]1[C@@H](O)[C@H](O)[C@@H](Nc2ncnc3nc[nH]c23)O[C@H]1CO. The number of hydrogen-bond donors (Lipinski definition) is 7. The van der Waals surface area contributed by atoms with E-state index in [1.807, 2.05) is 0 Å². The van der Waals surface area contributed by atoms with Crippen molar-refractivity contribution in [1.82, 2.24) is 30.6 Å². The van der Waals surface area contributed by atoms with Gasteiger partial charge in [0.2, 0.25) is 5.91 Å². The molecule has 0 radical (unpaired) electrons. The fraction of sp³-hybridized carbons (Fsp3) is 0.611. The average Bonchev–Trinajstić information content (AvgIpc) is 3.42. The van der Waals surface area contributed by atoms with E-state index < -0.39 is 61.2 Å². The van der Waals surface area contributed by atoms with Crippen molar-refractivity contribution in [2.75, 3.05) is 18.5 Å². The number of aromatic nitrogens is 4. The minimum absolute atomic E-state index is 0.280. The summed E-state index contributed by atoms with van der Waals surface area (Å²) in [6.07, 6.45) is -2.63. The van der Waals surface area contributed by atoms with E-state index >= 15 is 0 Å². The van der Waals surface area contributed by atoms with E-state index in [4.69, 9.17) is 9.47 Å². The second-order valence-corrected chi connectivity index (χ2v) is 7.63. The highest BCUT2D eigenvalue weighted by molar-refractivity contribution is 5.84. The van der Waals surface area contributed by atoms with Gasteiger partial charge in [0.1, 0.15) is 42.3 Å². The number of amides is 1. The van der Waals surface area contributed by atoms with Gasteiger partial charge in [0.05, 0.1) is 19.0 Å². The molecule has 2 aliphatic heterocycles. The third-order valence-corrected chi connectivity index (χ3v) is 5.51. The molecular formula is C18H25N7O7. The van der Waals surface area contributed by atoms with Crippen LogP contribution in [0.5, 0.6) is 0 Å². The Morgan fingerprint density at radius 1 is 1.28 bits per heavy atom. The van der Waals surface area contributed by atoms with Crippen molar-refractivity contribution in [3.05, 3.63) is 12.7 Å². The van der Waals surface area contributed by atoms with Crippen LogP contribution < -0.4 is 16.0 Å². The topological polar surface area (TPSA) is 204 Å². The second kappa shape index (κ2) is 9.30. The zero-order chi connectivity index (χ0) is 22.8. The lowest BCUT2D eigenvalue weighted by Gasteiger charge is -2.43. The van der Waals surface area contributed by atoms with Crippen molar-refractivity contribution in [3.63, 3.8) is 0 Å². The van der Waals surface area contributed by atoms with E-state index in [9.17, 15) is 24.9 Å². The zero-order valence-electron chi connectivity index (χ0n) is 17.1. The number of anilines is 1. The van der Waals surface area contributed by atoms with Crippen molar-refractivity contribution < 1.29 is 34.4 Å². The summed E-state index contributed by atoms with van der Waals surface area (Å²) in [4.78, 5) is 39.0. The van der Waals surface area contributed by atoms with Gasteiger partial charge in [0.25, 0.3) is 0 Å². The van der Waals surface area contributed by atoms with E-state index in [2.05, 4.69) is 35.9 Å². The van der Waals surface area contributed by atoms with Crippen LogP contribution >= 0.6 is 0 Å². The van der Waals surface area contributed by atoms with E-state index in [1.54, 1.807) is 0 Å². The molecule has 7 atom stereocenters. The molecule has 2 fully saturated rings. The first-order valence-corrected chi connectivity index (χ1v) is 10.1. The highest BCUT2D eigenvalue weighted by Crippen LogP contribution is 2.25. The molecule has 0 unspecified atom stereocenters. The summed E-state index contributed by atoms with van der Waals surface area (Å²) in [5, 5.41) is 39.6. The number of aliphatic hydroxyl groups is 3. The quantitative estimate of drug-likeness (QED) is 0.219. The molecule has 2 aromatic heterocycles. The third-order valence-electron chi connectivity index (χ3n) is 5.51. The van der Waals surface area contributed by atoms with E-state index in [0.717, 1.165) is 0 Å². The molecule has 4 rings (SSSR count). The molecule has 2 aliphatic rings. The number of fused-ring (bicyclic) bond motifs is 1. The summed E-state index contributed by atoms with van der Waals surface area (Å²) in [7, 11) is 0. The van der Waals surface area contributed by atoms with Crippen LogP contribution in [0.25, 0.3) is 11.2 Å². The van der Waals surface area contributed by atoms with Crippen molar-refractivity contribution in [2.45, 2.75) is 56.1 Å². The van der Waals surface area contributed by atoms with Gasteiger partial charge in [0.15, 0.2) is 17.7 Å². The minimum atomic E-state index is -1.48. The first-order valence-electron chi connectivity index (χ1n) is 10.1. The Morgan fingerprint density at radius 3 is 2.84 bits per heavy atom. The first kappa shape index (κ1) is 22.3. The monoisotopic (exact) mass is 451 g/mol. The van der Waals surface area contributed by atoms with Gasteiger partial charge in [-0.2, -0.15) is 0 Å². The highest BCUT2D eigenvalue weighted by atomic mass is 16.5. The molecule has 1 amide bonds. The Morgan fingerprint density at radius 2 is 2.09 bits per heavy atom. The number of carbonyl (C=O) groups excluding carboxylic acids is 2. The highest BCUT2D eigenvalue weighted by Gasteiger charge is 2.47. The van der Waals surface area contributed by atoms with Crippen molar-refractivity contribution in [2.24, 2.45) is 0 Å². The van der Waals surface area contributed by atoms with Crippen LogP contribution in [-0.4, -0.2) is 103 Å². The van der Waals surface area contributed by atoms with Gasteiger partial charge < -0.3 is 45.7 Å². The Balaban J connectivity index is 1.46. The number of ether oxygens (including phenoxy) is 2. The normalized spacial score (nSPS) is 32.6. The number of aromatic amines is 1. The maximum Gasteiger partial charge on any atom is 0.302 e. The summed E-state index contributed by atoms with van der Waals surface area (Å²) in [5.74, 6) is -0.776. The van der Waals surface area contributed by atoms with Gasteiger partial charge in [-0.25, -0.2) is 15.0 Å². The molecule has 2 saturated heterocycles. The van der Waals surface area contributed by atoms with Crippen LogP contribution in [0.1, 0.15) is 13.3 Å². The van der Waals surface area contributed by atoms with Gasteiger partial charge in [0, 0.05) is 6.92 Å². The van der Waals surface area contributed by atoms with Crippen LogP contribution in [0.4, 0.5) is 5.82 Å². The number of carbonyl (C=O) groups is 2. The maximum atomic E-state index is 12.8. The average molecular weight is 451 g/mol. The lowest BCUT2D eigenvalue weighted by atomic mass is 9.95. The van der Waals surface area contributed by atoms with Crippen LogP contribution in [0, 0.1) is 0 Å².